The summed E-state index contributed by atoms with van der Waals surface area (Å²) in [6.45, 7) is 1.45. The smallest absolute Gasteiger partial charge is 0.434 e. The number of carbonyl (C=O) groups excluding carboxylic acids is 1. The van der Waals surface area contributed by atoms with Crippen LogP contribution in [0, 0.1) is 0 Å². The van der Waals surface area contributed by atoms with Crippen LogP contribution in [0.1, 0.15) is 23.0 Å². The van der Waals surface area contributed by atoms with Crippen LogP contribution in [0.5, 0.6) is 0 Å². The number of aromatic nitrogens is 6. The van der Waals surface area contributed by atoms with Gasteiger partial charge in [0.05, 0.1) is 24.4 Å². The lowest BCUT2D eigenvalue weighted by Gasteiger charge is -2.12. The monoisotopic (exact) mass is 340 g/mol. The van der Waals surface area contributed by atoms with E-state index in [9.17, 15) is 18.0 Å². The maximum atomic E-state index is 13.5. The zero-order valence-corrected chi connectivity index (χ0v) is 12.6. The highest BCUT2D eigenvalue weighted by atomic mass is 19.4. The standard InChI is InChI=1S/C13H11F3N6O2/c1-3-24-12(23)7-4-20-22(9(7)13(14,15)16)11-8-5-19-21(2)10(8)17-6-18-11/h4-6H,3H2,1-2H3. The van der Waals surface area contributed by atoms with Crippen LogP contribution in [0.25, 0.3) is 16.9 Å². The van der Waals surface area contributed by atoms with Crippen LogP contribution in [0.4, 0.5) is 13.2 Å². The van der Waals surface area contributed by atoms with Gasteiger partial charge in [-0.2, -0.15) is 23.4 Å². The molecule has 0 spiro atoms. The second-order valence-electron chi connectivity index (χ2n) is 4.74. The molecule has 0 amide bonds. The van der Waals surface area contributed by atoms with Crippen molar-refractivity contribution in [3.8, 4) is 5.82 Å². The van der Waals surface area contributed by atoms with Crippen LogP contribution in [0.15, 0.2) is 18.7 Å². The second kappa shape index (κ2) is 5.58. The van der Waals surface area contributed by atoms with E-state index in [4.69, 9.17) is 0 Å². The molecule has 0 N–H and O–H groups in total. The van der Waals surface area contributed by atoms with Gasteiger partial charge in [-0.15, -0.1) is 0 Å². The molecule has 11 heteroatoms. The van der Waals surface area contributed by atoms with E-state index < -0.39 is 23.4 Å². The first kappa shape index (κ1) is 15.9. The summed E-state index contributed by atoms with van der Waals surface area (Å²) in [5.41, 5.74) is -1.61. The largest absolute Gasteiger partial charge is 0.462 e. The summed E-state index contributed by atoms with van der Waals surface area (Å²) < 4.78 is 47.1. The highest BCUT2D eigenvalue weighted by Crippen LogP contribution is 2.34. The Morgan fingerprint density at radius 1 is 1.25 bits per heavy atom. The summed E-state index contributed by atoms with van der Waals surface area (Å²) in [5, 5.41) is 7.90. The molecule has 0 aliphatic heterocycles. The van der Waals surface area contributed by atoms with Crippen molar-refractivity contribution in [2.24, 2.45) is 7.05 Å². The molecule has 0 bridgehead atoms. The van der Waals surface area contributed by atoms with E-state index in [1.165, 1.54) is 17.8 Å². The molecular formula is C13H11F3N6O2. The second-order valence-corrected chi connectivity index (χ2v) is 4.74. The van der Waals surface area contributed by atoms with Gasteiger partial charge < -0.3 is 4.74 Å². The third-order valence-corrected chi connectivity index (χ3v) is 3.24. The van der Waals surface area contributed by atoms with Gasteiger partial charge in [-0.1, -0.05) is 0 Å². The van der Waals surface area contributed by atoms with Crippen molar-refractivity contribution in [2.75, 3.05) is 6.61 Å². The summed E-state index contributed by atoms with van der Waals surface area (Å²) in [4.78, 5) is 19.6. The van der Waals surface area contributed by atoms with Gasteiger partial charge in [-0.05, 0) is 6.92 Å². The normalized spacial score (nSPS) is 11.9. The van der Waals surface area contributed by atoms with Gasteiger partial charge in [-0.3, -0.25) is 4.68 Å². The number of alkyl halides is 3. The minimum atomic E-state index is -4.84. The van der Waals surface area contributed by atoms with E-state index in [0.717, 1.165) is 12.5 Å². The van der Waals surface area contributed by atoms with Crippen molar-refractivity contribution in [1.82, 2.24) is 29.5 Å². The number of fused-ring (bicyclic) bond motifs is 1. The zero-order chi connectivity index (χ0) is 17.5. The Labute approximate surface area is 132 Å². The van der Waals surface area contributed by atoms with E-state index in [1.807, 2.05) is 0 Å². The molecule has 0 fully saturated rings. The third-order valence-electron chi connectivity index (χ3n) is 3.24. The van der Waals surface area contributed by atoms with Gasteiger partial charge in [-0.25, -0.2) is 19.4 Å². The molecule has 0 atom stereocenters. The molecule has 8 nitrogen and oxygen atoms in total. The quantitative estimate of drug-likeness (QED) is 0.675. The molecule has 24 heavy (non-hydrogen) atoms. The van der Waals surface area contributed by atoms with Crippen molar-refractivity contribution in [1.29, 1.82) is 0 Å². The number of esters is 1. The molecule has 0 saturated heterocycles. The molecule has 0 unspecified atom stereocenters. The van der Waals surface area contributed by atoms with Gasteiger partial charge in [0.25, 0.3) is 0 Å². The fraction of sp³-hybridized carbons (Fsp3) is 0.308. The fourth-order valence-corrected chi connectivity index (χ4v) is 2.26. The highest BCUT2D eigenvalue weighted by molar-refractivity contribution is 5.91. The number of carbonyl (C=O) groups is 1. The van der Waals surface area contributed by atoms with E-state index in [1.54, 1.807) is 7.05 Å². The van der Waals surface area contributed by atoms with Gasteiger partial charge in [0.2, 0.25) is 0 Å². The molecule has 3 rings (SSSR count). The molecule has 0 saturated carbocycles. The van der Waals surface area contributed by atoms with E-state index in [2.05, 4.69) is 24.9 Å². The summed E-state index contributed by atoms with van der Waals surface area (Å²) in [6, 6.07) is 0. The van der Waals surface area contributed by atoms with Crippen molar-refractivity contribution in [3.63, 3.8) is 0 Å². The molecule has 0 aliphatic rings. The molecule has 3 heterocycles. The molecular weight excluding hydrogens is 329 g/mol. The Kier molecular flexibility index (Phi) is 3.70. The Bertz CT molecular complexity index is 914. The topological polar surface area (TPSA) is 87.7 Å². The summed E-state index contributed by atoms with van der Waals surface area (Å²) in [7, 11) is 1.59. The first-order valence-electron chi connectivity index (χ1n) is 6.80. The SMILES string of the molecule is CCOC(=O)c1cnn(-c2ncnc3c2cnn3C)c1C(F)(F)F. The molecule has 0 radical (unpaired) electrons. The Balaban J connectivity index is 2.26. The highest BCUT2D eigenvalue weighted by Gasteiger charge is 2.41. The van der Waals surface area contributed by atoms with Crippen molar-refractivity contribution < 1.29 is 22.7 Å². The van der Waals surface area contributed by atoms with Gasteiger partial charge in [0.1, 0.15) is 11.9 Å². The van der Waals surface area contributed by atoms with E-state index >= 15 is 0 Å². The summed E-state index contributed by atoms with van der Waals surface area (Å²) in [5.74, 6) is -1.23. The zero-order valence-electron chi connectivity index (χ0n) is 12.6. The van der Waals surface area contributed by atoms with Crippen LogP contribution >= 0.6 is 0 Å². The van der Waals surface area contributed by atoms with Crippen LogP contribution in [0.2, 0.25) is 0 Å². The van der Waals surface area contributed by atoms with Crippen LogP contribution < -0.4 is 0 Å². The van der Waals surface area contributed by atoms with E-state index in [-0.39, 0.29) is 17.8 Å². The van der Waals surface area contributed by atoms with Crippen molar-refractivity contribution in [2.45, 2.75) is 13.1 Å². The molecule has 126 valence electrons. The summed E-state index contributed by atoms with van der Waals surface area (Å²) >= 11 is 0. The van der Waals surface area contributed by atoms with Gasteiger partial charge >= 0.3 is 12.1 Å². The lowest BCUT2D eigenvalue weighted by molar-refractivity contribution is -0.143. The lowest BCUT2D eigenvalue weighted by atomic mass is 10.2. The molecule has 0 aliphatic carbocycles. The molecule has 3 aromatic rings. The Morgan fingerprint density at radius 2 is 2.00 bits per heavy atom. The van der Waals surface area contributed by atoms with Crippen molar-refractivity contribution >= 4 is 17.0 Å². The maximum Gasteiger partial charge on any atom is 0.434 e. The Hall–Kier alpha value is -2.98. The van der Waals surface area contributed by atoms with Crippen LogP contribution in [0.3, 0.4) is 0 Å². The van der Waals surface area contributed by atoms with Crippen molar-refractivity contribution in [3.05, 3.63) is 30.0 Å². The fourth-order valence-electron chi connectivity index (χ4n) is 2.26. The lowest BCUT2D eigenvalue weighted by Crippen LogP contribution is -2.19. The summed E-state index contributed by atoms with van der Waals surface area (Å²) in [6.07, 6.45) is -1.59. The first-order valence-corrected chi connectivity index (χ1v) is 6.80. The minimum absolute atomic E-state index is 0.0539. The minimum Gasteiger partial charge on any atom is -0.462 e. The maximum absolute atomic E-state index is 13.5. The Morgan fingerprint density at radius 3 is 2.67 bits per heavy atom. The number of rotatable bonds is 3. The first-order chi connectivity index (χ1) is 11.3. The number of nitrogens with zero attached hydrogens (tertiary/aromatic N) is 6. The van der Waals surface area contributed by atoms with Crippen LogP contribution in [-0.4, -0.2) is 42.1 Å². The van der Waals surface area contributed by atoms with Crippen LogP contribution in [-0.2, 0) is 18.0 Å². The van der Waals surface area contributed by atoms with Gasteiger partial charge in [0, 0.05) is 7.05 Å². The number of hydrogen-bond donors (Lipinski definition) is 0. The predicted octanol–water partition coefficient (Wildman–Crippen LogP) is 1.74. The molecule has 3 aromatic heterocycles. The average molecular weight is 340 g/mol. The van der Waals surface area contributed by atoms with E-state index in [0.29, 0.717) is 10.3 Å². The third kappa shape index (κ3) is 2.47. The average Bonchev–Trinajstić information content (AvgIpc) is 3.11. The number of halogens is 3. The van der Waals surface area contributed by atoms with Gasteiger partial charge in [0.15, 0.2) is 17.2 Å². The number of ether oxygens (including phenoxy) is 1. The number of aryl methyl sites for hydroxylation is 1. The number of hydrogen-bond acceptors (Lipinski definition) is 6. The predicted molar refractivity (Wildman–Crippen MR) is 74.4 cm³/mol. The molecule has 0 aromatic carbocycles.